The number of rotatable bonds is 28. The van der Waals surface area contributed by atoms with Crippen molar-refractivity contribution in [1.82, 2.24) is 25.9 Å². The average Bonchev–Trinajstić information content (AvgIpc) is 3.63. The summed E-state index contributed by atoms with van der Waals surface area (Å²) in [5, 5.41) is 6.12. The molecule has 0 aliphatic heterocycles. The Hall–Kier alpha value is -4.42. The van der Waals surface area contributed by atoms with E-state index in [0.29, 0.717) is 23.8 Å². The number of carbonyl (C=O) groups excluding carboxylic acids is 4. The van der Waals surface area contributed by atoms with Crippen LogP contribution in [0.5, 0.6) is 0 Å². The lowest BCUT2D eigenvalue weighted by atomic mass is 10.0. The molecule has 13 nitrogen and oxygen atoms in total. The van der Waals surface area contributed by atoms with Gasteiger partial charge in [-0.25, -0.2) is 4.98 Å². The van der Waals surface area contributed by atoms with Crippen LogP contribution in [0.25, 0.3) is 0 Å². The minimum atomic E-state index is -1.24. The van der Waals surface area contributed by atoms with Gasteiger partial charge in [-0.2, -0.15) is 0 Å². The van der Waals surface area contributed by atoms with E-state index in [0.717, 1.165) is 24.8 Å². The Kier molecular flexibility index (Phi) is 20.4. The smallest absolute Gasteiger partial charge is 0.243 e. The third-order valence-corrected chi connectivity index (χ3v) is 8.59. The van der Waals surface area contributed by atoms with Crippen molar-refractivity contribution in [1.29, 1.82) is 0 Å². The molecule has 2 aromatic rings. The third-order valence-electron chi connectivity index (χ3n) is 8.59. The number of H-pyrrole nitrogens is 1. The van der Waals surface area contributed by atoms with Gasteiger partial charge in [0.2, 0.25) is 23.6 Å². The van der Waals surface area contributed by atoms with Crippen LogP contribution in [0.15, 0.2) is 47.8 Å². The molecule has 0 fully saturated rings. The number of amides is 4. The van der Waals surface area contributed by atoms with Gasteiger partial charge in [0.15, 0.2) is 7.37 Å². The molecule has 0 bridgehead atoms. The van der Waals surface area contributed by atoms with E-state index in [4.69, 9.17) is 18.6 Å². The summed E-state index contributed by atoms with van der Waals surface area (Å²) in [6, 6.07) is 5.67. The van der Waals surface area contributed by atoms with Crippen LogP contribution in [0.1, 0.15) is 121 Å². The van der Waals surface area contributed by atoms with Gasteiger partial charge in [-0.3, -0.25) is 24.2 Å². The van der Waals surface area contributed by atoms with Crippen molar-refractivity contribution in [3.05, 3.63) is 54.1 Å². The fourth-order valence-electron chi connectivity index (χ4n) is 5.72. The maximum Gasteiger partial charge on any atom is 0.243 e. The summed E-state index contributed by atoms with van der Waals surface area (Å²) < 4.78 is 8.70. The fourth-order valence-corrected chi connectivity index (χ4v) is 5.72. The highest BCUT2D eigenvalue weighted by atomic mass is 16.2. The first kappa shape index (κ1) is 40.0. The number of guanidine groups is 1. The van der Waals surface area contributed by atoms with Gasteiger partial charge in [-0.1, -0.05) is 114 Å². The lowest BCUT2D eigenvalue weighted by Gasteiger charge is -2.25. The summed E-state index contributed by atoms with van der Waals surface area (Å²) in [6.07, 6.45) is 19.0. The molecule has 0 spiro atoms. The van der Waals surface area contributed by atoms with Gasteiger partial charge in [-0.05, 0) is 24.8 Å². The molecule has 4 amide bonds. The van der Waals surface area contributed by atoms with Gasteiger partial charge in [0.25, 0.3) is 0 Å². The summed E-state index contributed by atoms with van der Waals surface area (Å²) in [7, 11) is 0. The largest absolute Gasteiger partial charge is 0.370 e. The minimum absolute atomic E-state index is 0.00590. The number of aromatic amines is 1. The predicted octanol–water partition coefficient (Wildman–Crippen LogP) is 3.67. The van der Waals surface area contributed by atoms with E-state index >= 15 is 0 Å². The number of hydrogen-bond donors (Lipinski definition) is 7. The lowest BCUT2D eigenvalue weighted by Crippen LogP contribution is -2.57. The first-order chi connectivity index (χ1) is 24.6. The molecular formula is C37H61N9O4. The van der Waals surface area contributed by atoms with E-state index in [1.807, 2.05) is 30.3 Å². The van der Waals surface area contributed by atoms with Gasteiger partial charge in [-0.15, -0.1) is 0 Å². The van der Waals surface area contributed by atoms with Crippen LogP contribution in [-0.2, 0) is 32.0 Å². The zero-order valence-corrected chi connectivity index (χ0v) is 29.9. The molecule has 1 heterocycles. The number of primary amides is 1. The van der Waals surface area contributed by atoms with Crippen LogP contribution < -0.4 is 33.1 Å². The van der Waals surface area contributed by atoms with E-state index in [1.165, 1.54) is 70.3 Å². The second-order valence-electron chi connectivity index (χ2n) is 13.0. The summed E-state index contributed by atoms with van der Waals surface area (Å²) in [5.41, 5.74) is 17.6. The minimum Gasteiger partial charge on any atom is -0.370 e. The topological polar surface area (TPSA) is 223 Å². The number of imidazole rings is 1. The van der Waals surface area contributed by atoms with Gasteiger partial charge in [0, 0.05) is 37.7 Å². The van der Waals surface area contributed by atoms with Gasteiger partial charge >= 0.3 is 0 Å². The van der Waals surface area contributed by atoms with Crippen LogP contribution in [0, 0.1) is 0 Å². The molecule has 2 rings (SSSR count). The van der Waals surface area contributed by atoms with Crippen molar-refractivity contribution in [3.8, 4) is 0 Å². The third kappa shape index (κ3) is 18.9. The van der Waals surface area contributed by atoms with Crippen LogP contribution in [-0.4, -0.2) is 64.2 Å². The maximum atomic E-state index is 13.8. The van der Waals surface area contributed by atoms with E-state index in [-0.39, 0.29) is 38.2 Å². The number of nitrogens with one attached hydrogen (secondary N) is 4. The summed E-state index contributed by atoms with van der Waals surface area (Å²) in [5.74, 6) is -2.62. The Labute approximate surface area is 299 Å². The van der Waals surface area contributed by atoms with Crippen molar-refractivity contribution < 1.29 is 20.6 Å². The highest BCUT2D eigenvalue weighted by Crippen LogP contribution is 2.13. The molecule has 1 aromatic heterocycles. The zero-order valence-electron chi connectivity index (χ0n) is 30.9. The number of benzene rings is 1. The van der Waals surface area contributed by atoms with Crippen molar-refractivity contribution in [2.75, 3.05) is 6.54 Å². The van der Waals surface area contributed by atoms with Crippen LogP contribution in [0.4, 0.5) is 0 Å². The second-order valence-corrected chi connectivity index (χ2v) is 13.0. The number of unbranched alkanes of at least 4 members (excludes halogenated alkanes) is 12. The normalized spacial score (nSPS) is 13.0. The monoisotopic (exact) mass is 696 g/mol. The van der Waals surface area contributed by atoms with E-state index in [9.17, 15) is 19.2 Å². The molecule has 1 aromatic carbocycles. The Morgan fingerprint density at radius 1 is 0.780 bits per heavy atom. The molecule has 278 valence electrons. The quantitative estimate of drug-likeness (QED) is 0.0397. The SMILES string of the molecule is [2H]N(C(=O)CCCCCCCCCCCCCCC)[C@@H](Cc1cnc[nH]1)C(=O)N[C@@H](Cc1ccccc1)C(=O)N[C@@H](CCCN=C(N)N)C(N)=O. The standard InChI is InChI=1S/C37H61N9O4/c1-2-3-4-5-6-7-8-9-10-11-12-13-17-22-33(47)44-32(25-29-26-41-27-43-29)36(50)46-31(24-28-19-15-14-16-20-28)35(49)45-30(34(38)48)21-18-23-42-37(39)40/h14-16,19-20,26-27,30-32H,2-13,17-18,21-25H2,1H3,(H2,38,48)(H,41,43)(H,44,47)(H,45,49)(H,46,50)(H4,39,40,42)/t30-,31-,32-/m0/s1/i/hD. The molecule has 50 heavy (non-hydrogen) atoms. The van der Waals surface area contributed by atoms with Crippen LogP contribution >= 0.6 is 0 Å². The molecule has 10 N–H and O–H groups in total. The highest BCUT2D eigenvalue weighted by molar-refractivity contribution is 5.94. The zero-order chi connectivity index (χ0) is 37.3. The predicted molar refractivity (Wildman–Crippen MR) is 198 cm³/mol. The van der Waals surface area contributed by atoms with Crippen LogP contribution in [0.3, 0.4) is 0 Å². The molecule has 0 saturated carbocycles. The molecule has 3 atom stereocenters. The Morgan fingerprint density at radius 2 is 1.36 bits per heavy atom. The van der Waals surface area contributed by atoms with E-state index < -0.39 is 41.8 Å². The number of carbonyl (C=O) groups is 4. The van der Waals surface area contributed by atoms with Crippen molar-refractivity contribution in [2.45, 2.75) is 141 Å². The first-order valence-corrected chi connectivity index (χ1v) is 18.4. The highest BCUT2D eigenvalue weighted by Gasteiger charge is 2.29. The first-order valence-electron chi connectivity index (χ1n) is 18.8. The summed E-state index contributed by atoms with van der Waals surface area (Å²) in [4.78, 5) is 63.7. The van der Waals surface area contributed by atoms with E-state index in [1.54, 1.807) is 0 Å². The molecule has 13 heteroatoms. The van der Waals surface area contributed by atoms with Gasteiger partial charge in [0.05, 0.1) is 6.33 Å². The summed E-state index contributed by atoms with van der Waals surface area (Å²) in [6.45, 7) is 2.48. The number of aromatic nitrogens is 2. The summed E-state index contributed by atoms with van der Waals surface area (Å²) >= 11 is 0. The lowest BCUT2D eigenvalue weighted by molar-refractivity contribution is -0.133. The molecule has 0 aliphatic carbocycles. The van der Waals surface area contributed by atoms with Crippen LogP contribution in [0.2, 0.25) is 1.41 Å². The Balaban J connectivity index is 2.00. The second kappa shape index (κ2) is 25.5. The van der Waals surface area contributed by atoms with E-state index in [2.05, 4.69) is 32.5 Å². The average molecular weight is 697 g/mol. The maximum absolute atomic E-state index is 13.8. The van der Waals surface area contributed by atoms with Crippen molar-refractivity contribution >= 4 is 29.6 Å². The van der Waals surface area contributed by atoms with Gasteiger partial charge < -0.3 is 38.1 Å². The number of aliphatic imine (C=N–C) groups is 1. The number of nitrogens with two attached hydrogens (primary N) is 3. The molecule has 0 saturated heterocycles. The van der Waals surface area contributed by atoms with Crippen molar-refractivity contribution in [3.63, 3.8) is 0 Å². The number of hydrogen-bond acceptors (Lipinski definition) is 6. The Bertz CT molecular complexity index is 1310. The van der Waals surface area contributed by atoms with Crippen molar-refractivity contribution in [2.24, 2.45) is 22.2 Å². The fraction of sp³-hybridized carbons (Fsp3) is 0.622. The van der Waals surface area contributed by atoms with Gasteiger partial charge in [0.1, 0.15) is 18.1 Å². The number of nitrogens with zero attached hydrogens (tertiary/aromatic N) is 2. The molecule has 0 radical (unpaired) electrons. The molecular weight excluding hydrogens is 634 g/mol. The Morgan fingerprint density at radius 3 is 1.92 bits per heavy atom. The molecule has 0 unspecified atom stereocenters. The molecule has 0 aliphatic rings.